The minimum Gasteiger partial charge on any atom is -0.508 e. The molecule has 0 aromatic heterocycles. The first-order valence-corrected chi connectivity index (χ1v) is 4.35. The molecule has 1 aromatic carbocycles. The van der Waals surface area contributed by atoms with Crippen molar-refractivity contribution in [2.24, 2.45) is 0 Å². The fraction of sp³-hybridized carbons (Fsp3) is 0.182. The number of hydrogen-bond donors (Lipinski definition) is 1. The SMILES string of the molecule is Cc1ccc(C2C=CC(=O)O2)cc1O. The molecule has 1 atom stereocenters. The van der Waals surface area contributed by atoms with Crippen molar-refractivity contribution in [2.45, 2.75) is 13.0 Å². The van der Waals surface area contributed by atoms with Gasteiger partial charge in [-0.25, -0.2) is 4.79 Å². The first-order valence-electron chi connectivity index (χ1n) is 4.35. The predicted molar refractivity (Wildman–Crippen MR) is 50.8 cm³/mol. The third-order valence-corrected chi connectivity index (χ3v) is 2.21. The molecule has 3 heteroatoms. The van der Waals surface area contributed by atoms with Crippen LogP contribution in [0.4, 0.5) is 0 Å². The molecular formula is C11H10O3. The second kappa shape index (κ2) is 3.18. The Balaban J connectivity index is 2.30. The summed E-state index contributed by atoms with van der Waals surface area (Å²) in [5.41, 5.74) is 1.59. The minimum absolute atomic E-state index is 0.221. The van der Waals surface area contributed by atoms with Gasteiger partial charge in [0, 0.05) is 11.6 Å². The first kappa shape index (κ1) is 8.81. The summed E-state index contributed by atoms with van der Waals surface area (Å²) >= 11 is 0. The van der Waals surface area contributed by atoms with E-state index in [-0.39, 0.29) is 17.8 Å². The van der Waals surface area contributed by atoms with Crippen LogP contribution in [0.3, 0.4) is 0 Å². The minimum atomic E-state index is -0.353. The summed E-state index contributed by atoms with van der Waals surface area (Å²) in [5, 5.41) is 9.46. The summed E-state index contributed by atoms with van der Waals surface area (Å²) in [6.45, 7) is 1.82. The number of esters is 1. The number of benzene rings is 1. The average molecular weight is 190 g/mol. The summed E-state index contributed by atoms with van der Waals surface area (Å²) in [5.74, 6) is -0.117. The Hall–Kier alpha value is -1.77. The molecule has 1 aliphatic heterocycles. The highest BCUT2D eigenvalue weighted by atomic mass is 16.5. The van der Waals surface area contributed by atoms with Gasteiger partial charge in [-0.15, -0.1) is 0 Å². The molecule has 0 saturated heterocycles. The Morgan fingerprint density at radius 2 is 2.21 bits per heavy atom. The summed E-state index contributed by atoms with van der Waals surface area (Å²) in [4.78, 5) is 10.8. The van der Waals surface area contributed by atoms with E-state index < -0.39 is 0 Å². The third kappa shape index (κ3) is 1.48. The van der Waals surface area contributed by atoms with Crippen LogP contribution in [-0.4, -0.2) is 11.1 Å². The zero-order valence-electron chi connectivity index (χ0n) is 7.73. The van der Waals surface area contributed by atoms with E-state index >= 15 is 0 Å². The van der Waals surface area contributed by atoms with Crippen molar-refractivity contribution in [2.75, 3.05) is 0 Å². The molecule has 0 fully saturated rings. The number of ether oxygens (including phenoxy) is 1. The van der Waals surface area contributed by atoms with Crippen LogP contribution in [0.5, 0.6) is 5.75 Å². The smallest absolute Gasteiger partial charge is 0.331 e. The molecule has 72 valence electrons. The van der Waals surface area contributed by atoms with Gasteiger partial charge in [-0.3, -0.25) is 0 Å². The number of cyclic esters (lactones) is 1. The van der Waals surface area contributed by atoms with Crippen molar-refractivity contribution in [1.29, 1.82) is 0 Å². The number of aryl methyl sites for hydroxylation is 1. The fourth-order valence-corrected chi connectivity index (χ4v) is 1.35. The molecule has 1 aromatic rings. The molecule has 0 aliphatic carbocycles. The van der Waals surface area contributed by atoms with Gasteiger partial charge >= 0.3 is 5.97 Å². The predicted octanol–water partition coefficient (Wildman–Crippen LogP) is 1.85. The van der Waals surface area contributed by atoms with Gasteiger partial charge < -0.3 is 9.84 Å². The van der Waals surface area contributed by atoms with E-state index in [1.54, 1.807) is 18.2 Å². The highest BCUT2D eigenvalue weighted by Crippen LogP contribution is 2.27. The molecule has 1 aliphatic rings. The van der Waals surface area contributed by atoms with Gasteiger partial charge in [-0.05, 0) is 24.6 Å². The van der Waals surface area contributed by atoms with Crippen LogP contribution in [0.2, 0.25) is 0 Å². The molecule has 1 heterocycles. The average Bonchev–Trinajstić information content (AvgIpc) is 2.57. The normalized spacial score (nSPS) is 19.8. The topological polar surface area (TPSA) is 46.5 Å². The summed E-state index contributed by atoms with van der Waals surface area (Å²) in [6.07, 6.45) is 2.71. The number of carbonyl (C=O) groups excluding carboxylic acids is 1. The third-order valence-electron chi connectivity index (χ3n) is 2.21. The quantitative estimate of drug-likeness (QED) is 0.687. The molecule has 3 nitrogen and oxygen atoms in total. The molecule has 0 amide bonds. The number of carbonyl (C=O) groups is 1. The molecule has 0 radical (unpaired) electrons. The Bertz CT molecular complexity index is 407. The highest BCUT2D eigenvalue weighted by molar-refractivity contribution is 5.84. The Labute approximate surface area is 81.6 Å². The van der Waals surface area contributed by atoms with Crippen molar-refractivity contribution < 1.29 is 14.6 Å². The first-order chi connectivity index (χ1) is 6.66. The highest BCUT2D eigenvalue weighted by Gasteiger charge is 2.18. The van der Waals surface area contributed by atoms with Crippen molar-refractivity contribution in [3.63, 3.8) is 0 Å². The van der Waals surface area contributed by atoms with Crippen LogP contribution in [0.15, 0.2) is 30.4 Å². The summed E-state index contributed by atoms with van der Waals surface area (Å²) in [7, 11) is 0. The van der Waals surface area contributed by atoms with Crippen LogP contribution < -0.4 is 0 Å². The lowest BCUT2D eigenvalue weighted by Crippen LogP contribution is -1.99. The van der Waals surface area contributed by atoms with E-state index in [1.807, 2.05) is 13.0 Å². The second-order valence-corrected chi connectivity index (χ2v) is 3.26. The van der Waals surface area contributed by atoms with Gasteiger partial charge in [0.25, 0.3) is 0 Å². The van der Waals surface area contributed by atoms with E-state index in [1.165, 1.54) is 6.08 Å². The summed E-state index contributed by atoms with van der Waals surface area (Å²) < 4.78 is 4.98. The molecule has 0 saturated carbocycles. The Kier molecular flexibility index (Phi) is 2.00. The molecule has 14 heavy (non-hydrogen) atoms. The van der Waals surface area contributed by atoms with Crippen LogP contribution in [-0.2, 0) is 9.53 Å². The van der Waals surface area contributed by atoms with Gasteiger partial charge in [0.2, 0.25) is 0 Å². The van der Waals surface area contributed by atoms with Crippen LogP contribution >= 0.6 is 0 Å². The Morgan fingerprint density at radius 3 is 2.79 bits per heavy atom. The van der Waals surface area contributed by atoms with Gasteiger partial charge in [-0.1, -0.05) is 12.1 Å². The van der Waals surface area contributed by atoms with Gasteiger partial charge in [0.05, 0.1) is 0 Å². The van der Waals surface area contributed by atoms with Crippen molar-refractivity contribution in [3.8, 4) is 5.75 Å². The van der Waals surface area contributed by atoms with Gasteiger partial charge in [0.1, 0.15) is 11.9 Å². The number of phenols is 1. The number of phenolic OH excluding ortho intramolecular Hbond substituents is 1. The van der Waals surface area contributed by atoms with Crippen LogP contribution in [0.25, 0.3) is 0 Å². The second-order valence-electron chi connectivity index (χ2n) is 3.26. The summed E-state index contributed by atoms with van der Waals surface area (Å²) in [6, 6.07) is 5.25. The maximum atomic E-state index is 10.8. The zero-order valence-corrected chi connectivity index (χ0v) is 7.73. The maximum absolute atomic E-state index is 10.8. The molecule has 2 rings (SSSR count). The fourth-order valence-electron chi connectivity index (χ4n) is 1.35. The number of aromatic hydroxyl groups is 1. The van der Waals surface area contributed by atoms with E-state index in [2.05, 4.69) is 0 Å². The largest absolute Gasteiger partial charge is 0.508 e. The van der Waals surface area contributed by atoms with Crippen LogP contribution in [0, 0.1) is 6.92 Å². The molecular weight excluding hydrogens is 180 g/mol. The molecule has 0 spiro atoms. The Morgan fingerprint density at radius 1 is 1.43 bits per heavy atom. The van der Waals surface area contributed by atoms with E-state index in [0.29, 0.717) is 0 Å². The van der Waals surface area contributed by atoms with Crippen LogP contribution in [0.1, 0.15) is 17.2 Å². The van der Waals surface area contributed by atoms with Crippen molar-refractivity contribution in [3.05, 3.63) is 41.5 Å². The number of hydrogen-bond acceptors (Lipinski definition) is 3. The lowest BCUT2D eigenvalue weighted by Gasteiger charge is -2.09. The van der Waals surface area contributed by atoms with Crippen molar-refractivity contribution in [1.82, 2.24) is 0 Å². The number of rotatable bonds is 1. The molecule has 1 unspecified atom stereocenters. The molecule has 0 bridgehead atoms. The standard InChI is InChI=1S/C11H10O3/c1-7-2-3-8(6-9(7)12)10-4-5-11(13)14-10/h2-6,10,12H,1H3. The van der Waals surface area contributed by atoms with E-state index in [9.17, 15) is 9.90 Å². The van der Waals surface area contributed by atoms with E-state index in [4.69, 9.17) is 4.74 Å². The lowest BCUT2D eigenvalue weighted by atomic mass is 10.1. The van der Waals surface area contributed by atoms with Gasteiger partial charge in [0.15, 0.2) is 0 Å². The van der Waals surface area contributed by atoms with E-state index in [0.717, 1.165) is 11.1 Å². The lowest BCUT2D eigenvalue weighted by molar-refractivity contribution is -0.138. The van der Waals surface area contributed by atoms with Gasteiger partial charge in [-0.2, -0.15) is 0 Å². The zero-order chi connectivity index (χ0) is 10.1. The molecule has 1 N–H and O–H groups in total. The van der Waals surface area contributed by atoms with Crippen molar-refractivity contribution >= 4 is 5.97 Å². The maximum Gasteiger partial charge on any atom is 0.331 e. The monoisotopic (exact) mass is 190 g/mol.